The highest BCUT2D eigenvalue weighted by Gasteiger charge is 2.21. The number of hydrogen-bond donors (Lipinski definition) is 1. The van der Waals surface area contributed by atoms with E-state index in [1.807, 2.05) is 12.1 Å². The number of amides is 1. The number of cyclic esters (lactones) is 1. The molecule has 0 atom stereocenters. The van der Waals surface area contributed by atoms with E-state index in [9.17, 15) is 4.79 Å². The molecule has 86 valence electrons. The first-order valence-electron chi connectivity index (χ1n) is 5.05. The van der Waals surface area contributed by atoms with Gasteiger partial charge in [0.15, 0.2) is 0 Å². The number of methoxy groups -OCH3 is 1. The van der Waals surface area contributed by atoms with Gasteiger partial charge in [-0.1, -0.05) is 6.07 Å². The summed E-state index contributed by atoms with van der Waals surface area (Å²) in [5.41, 5.74) is 7.33. The fourth-order valence-electron chi connectivity index (χ4n) is 1.67. The number of nitrogen functional groups attached to an aromatic ring is 1. The lowest BCUT2D eigenvalue weighted by atomic mass is 10.2. The molecule has 0 aliphatic carbocycles. The molecule has 2 N–H and O–H groups in total. The van der Waals surface area contributed by atoms with Crippen LogP contribution in [0.3, 0.4) is 0 Å². The van der Waals surface area contributed by atoms with Crippen molar-refractivity contribution >= 4 is 11.8 Å². The lowest BCUT2D eigenvalue weighted by molar-refractivity contribution is 0.157. The molecule has 1 amide bonds. The van der Waals surface area contributed by atoms with Crippen molar-refractivity contribution in [3.8, 4) is 5.75 Å². The highest BCUT2D eigenvalue weighted by atomic mass is 16.6. The molecule has 1 saturated heterocycles. The summed E-state index contributed by atoms with van der Waals surface area (Å²) in [6.07, 6.45) is -0.269. The molecule has 16 heavy (non-hydrogen) atoms. The van der Waals surface area contributed by atoms with Crippen LogP contribution in [0, 0.1) is 0 Å². The maximum Gasteiger partial charge on any atom is 0.410 e. The third-order valence-electron chi connectivity index (χ3n) is 2.51. The summed E-state index contributed by atoms with van der Waals surface area (Å²) in [7, 11) is 1.57. The van der Waals surface area contributed by atoms with Gasteiger partial charge in [0, 0.05) is 6.54 Å². The van der Waals surface area contributed by atoms with Gasteiger partial charge in [0.2, 0.25) is 0 Å². The quantitative estimate of drug-likeness (QED) is 0.781. The molecule has 1 aliphatic heterocycles. The highest BCUT2D eigenvalue weighted by Crippen LogP contribution is 2.23. The summed E-state index contributed by atoms with van der Waals surface area (Å²) in [5, 5.41) is 0. The number of hydrogen-bond acceptors (Lipinski definition) is 4. The Morgan fingerprint density at radius 3 is 2.94 bits per heavy atom. The van der Waals surface area contributed by atoms with Crippen LogP contribution in [-0.2, 0) is 11.3 Å². The Morgan fingerprint density at radius 2 is 2.38 bits per heavy atom. The van der Waals surface area contributed by atoms with Gasteiger partial charge in [-0.25, -0.2) is 4.79 Å². The molecule has 5 heteroatoms. The summed E-state index contributed by atoms with van der Waals surface area (Å²) in [6.45, 7) is 1.61. The molecule has 0 unspecified atom stereocenters. The molecule has 0 saturated carbocycles. The van der Waals surface area contributed by atoms with E-state index in [4.69, 9.17) is 15.2 Å². The molecule has 1 fully saturated rings. The SMILES string of the molecule is COc1ccc(CN2CCOC2=O)cc1N. The smallest absolute Gasteiger partial charge is 0.410 e. The van der Waals surface area contributed by atoms with Gasteiger partial charge in [0.05, 0.1) is 19.3 Å². The van der Waals surface area contributed by atoms with Crippen LogP contribution in [0.2, 0.25) is 0 Å². The van der Waals surface area contributed by atoms with Crippen LogP contribution >= 0.6 is 0 Å². The van der Waals surface area contributed by atoms with Gasteiger partial charge in [-0.2, -0.15) is 0 Å². The van der Waals surface area contributed by atoms with Gasteiger partial charge in [-0.3, -0.25) is 0 Å². The van der Waals surface area contributed by atoms with Gasteiger partial charge < -0.3 is 20.1 Å². The monoisotopic (exact) mass is 222 g/mol. The topological polar surface area (TPSA) is 64.8 Å². The van der Waals surface area contributed by atoms with E-state index in [2.05, 4.69) is 0 Å². The number of carbonyl (C=O) groups is 1. The number of anilines is 1. The molecule has 1 aliphatic rings. The van der Waals surface area contributed by atoms with Gasteiger partial charge in [0.1, 0.15) is 12.4 Å². The van der Waals surface area contributed by atoms with Gasteiger partial charge >= 0.3 is 6.09 Å². The van der Waals surface area contributed by atoms with Crippen LogP contribution in [0.15, 0.2) is 18.2 Å². The van der Waals surface area contributed by atoms with Crippen molar-refractivity contribution in [2.45, 2.75) is 6.54 Å². The Balaban J connectivity index is 2.10. The lowest BCUT2D eigenvalue weighted by Gasteiger charge is -2.13. The molecule has 0 radical (unpaired) electrons. The summed E-state index contributed by atoms with van der Waals surface area (Å²) >= 11 is 0. The van der Waals surface area contributed by atoms with E-state index in [1.165, 1.54) is 0 Å². The Hall–Kier alpha value is -1.91. The van der Waals surface area contributed by atoms with E-state index >= 15 is 0 Å². The molecule has 0 spiro atoms. The largest absolute Gasteiger partial charge is 0.495 e. The fraction of sp³-hybridized carbons (Fsp3) is 0.364. The second-order valence-corrected chi connectivity index (χ2v) is 3.61. The first kappa shape index (κ1) is 10.6. The van der Waals surface area contributed by atoms with Crippen molar-refractivity contribution in [2.24, 2.45) is 0 Å². The summed E-state index contributed by atoms with van der Waals surface area (Å²) in [6, 6.07) is 5.50. The number of carbonyl (C=O) groups excluding carboxylic acids is 1. The third-order valence-corrected chi connectivity index (χ3v) is 2.51. The van der Waals surface area contributed by atoms with Crippen LogP contribution in [0.25, 0.3) is 0 Å². The van der Waals surface area contributed by atoms with E-state index in [0.29, 0.717) is 31.1 Å². The Bertz CT molecular complexity index is 406. The zero-order valence-electron chi connectivity index (χ0n) is 9.10. The van der Waals surface area contributed by atoms with Crippen LogP contribution in [0.1, 0.15) is 5.56 Å². The van der Waals surface area contributed by atoms with Crippen molar-refractivity contribution in [3.05, 3.63) is 23.8 Å². The normalized spacial score (nSPS) is 15.1. The Morgan fingerprint density at radius 1 is 1.56 bits per heavy atom. The second kappa shape index (κ2) is 4.30. The van der Waals surface area contributed by atoms with E-state index in [-0.39, 0.29) is 6.09 Å². The predicted molar refractivity (Wildman–Crippen MR) is 59.2 cm³/mol. The molecule has 5 nitrogen and oxygen atoms in total. The zero-order valence-corrected chi connectivity index (χ0v) is 9.10. The van der Waals surface area contributed by atoms with Gasteiger partial charge in [-0.15, -0.1) is 0 Å². The van der Waals surface area contributed by atoms with Gasteiger partial charge in [-0.05, 0) is 17.7 Å². The Kier molecular flexibility index (Phi) is 2.85. The molecule has 1 aromatic carbocycles. The molecule has 2 rings (SSSR count). The van der Waals surface area contributed by atoms with Gasteiger partial charge in [0.25, 0.3) is 0 Å². The van der Waals surface area contributed by atoms with Crippen molar-refractivity contribution in [1.29, 1.82) is 0 Å². The highest BCUT2D eigenvalue weighted by molar-refractivity contribution is 5.69. The minimum absolute atomic E-state index is 0.269. The second-order valence-electron chi connectivity index (χ2n) is 3.61. The van der Waals surface area contributed by atoms with E-state index in [1.54, 1.807) is 18.1 Å². The first-order chi connectivity index (χ1) is 7.70. The van der Waals surface area contributed by atoms with Crippen molar-refractivity contribution in [1.82, 2.24) is 4.90 Å². The molecule has 1 aromatic rings. The minimum Gasteiger partial charge on any atom is -0.495 e. The minimum atomic E-state index is -0.269. The van der Waals surface area contributed by atoms with Crippen LogP contribution in [0.5, 0.6) is 5.75 Å². The maximum absolute atomic E-state index is 11.2. The average molecular weight is 222 g/mol. The molecule has 0 bridgehead atoms. The van der Waals surface area contributed by atoms with Crippen LogP contribution in [0.4, 0.5) is 10.5 Å². The number of nitrogens with two attached hydrogens (primary N) is 1. The Labute approximate surface area is 93.7 Å². The fourth-order valence-corrected chi connectivity index (χ4v) is 1.67. The average Bonchev–Trinajstić information content (AvgIpc) is 2.65. The molecular weight excluding hydrogens is 208 g/mol. The van der Waals surface area contributed by atoms with E-state index in [0.717, 1.165) is 5.56 Å². The molecule has 1 heterocycles. The summed E-state index contributed by atoms with van der Waals surface area (Å²) < 4.78 is 9.90. The zero-order chi connectivity index (χ0) is 11.5. The first-order valence-corrected chi connectivity index (χ1v) is 5.05. The van der Waals surface area contributed by atoms with Crippen molar-refractivity contribution < 1.29 is 14.3 Å². The predicted octanol–water partition coefficient (Wildman–Crippen LogP) is 1.23. The van der Waals surface area contributed by atoms with Crippen LogP contribution in [-0.4, -0.2) is 31.3 Å². The number of benzene rings is 1. The summed E-state index contributed by atoms with van der Waals surface area (Å²) in [4.78, 5) is 12.9. The maximum atomic E-state index is 11.2. The van der Waals surface area contributed by atoms with Crippen LogP contribution < -0.4 is 10.5 Å². The third kappa shape index (κ3) is 2.03. The molecule has 0 aromatic heterocycles. The number of nitrogens with zero attached hydrogens (tertiary/aromatic N) is 1. The van der Waals surface area contributed by atoms with E-state index < -0.39 is 0 Å². The standard InChI is InChI=1S/C11H14N2O3/c1-15-10-3-2-8(6-9(10)12)7-13-4-5-16-11(13)14/h2-3,6H,4-5,7,12H2,1H3. The van der Waals surface area contributed by atoms with Crippen molar-refractivity contribution in [2.75, 3.05) is 26.0 Å². The lowest BCUT2D eigenvalue weighted by Crippen LogP contribution is -2.23. The van der Waals surface area contributed by atoms with Crippen molar-refractivity contribution in [3.63, 3.8) is 0 Å². The number of ether oxygens (including phenoxy) is 2. The molecular formula is C11H14N2O3. The number of rotatable bonds is 3. The summed E-state index contributed by atoms with van der Waals surface area (Å²) in [5.74, 6) is 0.646.